The third kappa shape index (κ3) is 4.65. The number of thioether (sulfide) groups is 2. The predicted molar refractivity (Wildman–Crippen MR) is 68.1 cm³/mol. The maximum Gasteiger partial charge on any atom is 0.313 e. The summed E-state index contributed by atoms with van der Waals surface area (Å²) in [6, 6.07) is 0. The zero-order valence-corrected chi connectivity index (χ0v) is 11.2. The first kappa shape index (κ1) is 13.7. The van der Waals surface area contributed by atoms with Crippen LogP contribution in [0.5, 0.6) is 0 Å². The van der Waals surface area contributed by atoms with Crippen molar-refractivity contribution in [2.24, 2.45) is 0 Å². The van der Waals surface area contributed by atoms with Gasteiger partial charge in [-0.3, -0.25) is 9.59 Å². The Labute approximate surface area is 104 Å². The van der Waals surface area contributed by atoms with Crippen LogP contribution in [-0.2, 0) is 9.59 Å². The second-order valence-electron chi connectivity index (χ2n) is 4.31. The Morgan fingerprint density at radius 2 is 2.12 bits per heavy atom. The van der Waals surface area contributed by atoms with Gasteiger partial charge in [-0.25, -0.2) is 0 Å². The summed E-state index contributed by atoms with van der Waals surface area (Å²) in [5.74, 6) is 0.416. The second kappa shape index (κ2) is 5.82. The Kier molecular flexibility index (Phi) is 4.98. The minimum Gasteiger partial charge on any atom is -0.481 e. The highest BCUT2D eigenvalue weighted by molar-refractivity contribution is 8.00. The lowest BCUT2D eigenvalue weighted by Gasteiger charge is -2.37. The molecule has 0 aliphatic carbocycles. The van der Waals surface area contributed by atoms with E-state index in [0.717, 1.165) is 18.8 Å². The van der Waals surface area contributed by atoms with Gasteiger partial charge in [0.1, 0.15) is 0 Å². The highest BCUT2D eigenvalue weighted by Gasteiger charge is 2.29. The van der Waals surface area contributed by atoms with E-state index in [0.29, 0.717) is 0 Å². The van der Waals surface area contributed by atoms with E-state index in [1.165, 1.54) is 11.8 Å². The normalized spacial score (nSPS) is 19.5. The third-order valence-electron chi connectivity index (χ3n) is 2.23. The number of carbonyl (C=O) groups is 2. The van der Waals surface area contributed by atoms with Crippen LogP contribution in [0.4, 0.5) is 0 Å². The van der Waals surface area contributed by atoms with Crippen LogP contribution in [0, 0.1) is 0 Å². The van der Waals surface area contributed by atoms with Gasteiger partial charge in [0.25, 0.3) is 0 Å². The summed E-state index contributed by atoms with van der Waals surface area (Å²) in [5, 5.41) is 8.47. The number of aliphatic carboxylic acids is 1. The van der Waals surface area contributed by atoms with Crippen molar-refractivity contribution in [3.8, 4) is 0 Å². The number of carbonyl (C=O) groups excluding carboxylic acids is 1. The molecule has 0 spiro atoms. The monoisotopic (exact) mass is 263 g/mol. The van der Waals surface area contributed by atoms with Crippen LogP contribution < -0.4 is 0 Å². The van der Waals surface area contributed by atoms with E-state index in [-0.39, 0.29) is 22.2 Å². The molecule has 0 saturated carbocycles. The largest absolute Gasteiger partial charge is 0.481 e. The quantitative estimate of drug-likeness (QED) is 0.825. The van der Waals surface area contributed by atoms with Gasteiger partial charge in [0, 0.05) is 23.6 Å². The molecule has 0 radical (unpaired) electrons. The highest BCUT2D eigenvalue weighted by Crippen LogP contribution is 2.29. The van der Waals surface area contributed by atoms with E-state index in [2.05, 4.69) is 13.8 Å². The topological polar surface area (TPSA) is 57.6 Å². The van der Waals surface area contributed by atoms with Gasteiger partial charge < -0.3 is 10.0 Å². The summed E-state index contributed by atoms with van der Waals surface area (Å²) in [6.07, 6.45) is 0. The fraction of sp³-hybridized carbons (Fsp3) is 0.800. The van der Waals surface area contributed by atoms with E-state index >= 15 is 0 Å². The molecule has 0 bridgehead atoms. The molecule has 1 aliphatic heterocycles. The van der Waals surface area contributed by atoms with E-state index in [1.54, 1.807) is 0 Å². The standard InChI is InChI=1S/C10H17NO3S2/c1-10(2)7-11(3-4-16-10)8(12)5-15-6-9(13)14/h3-7H2,1-2H3,(H,13,14). The maximum absolute atomic E-state index is 11.8. The molecule has 1 amide bonds. The van der Waals surface area contributed by atoms with E-state index in [4.69, 9.17) is 5.11 Å². The van der Waals surface area contributed by atoms with Crippen LogP contribution in [0.2, 0.25) is 0 Å². The molecular formula is C10H17NO3S2. The Balaban J connectivity index is 2.33. The number of amides is 1. The van der Waals surface area contributed by atoms with Crippen LogP contribution in [0.3, 0.4) is 0 Å². The molecule has 92 valence electrons. The van der Waals surface area contributed by atoms with Gasteiger partial charge in [-0.15, -0.1) is 11.8 Å². The van der Waals surface area contributed by atoms with Crippen LogP contribution in [0.25, 0.3) is 0 Å². The molecule has 0 aromatic carbocycles. The zero-order chi connectivity index (χ0) is 12.2. The smallest absolute Gasteiger partial charge is 0.313 e. The lowest BCUT2D eigenvalue weighted by atomic mass is 10.2. The zero-order valence-electron chi connectivity index (χ0n) is 9.56. The molecule has 6 heteroatoms. The summed E-state index contributed by atoms with van der Waals surface area (Å²) < 4.78 is 0.116. The summed E-state index contributed by atoms with van der Waals surface area (Å²) in [5.41, 5.74) is 0. The Morgan fingerprint density at radius 3 is 2.69 bits per heavy atom. The minimum absolute atomic E-state index is 0.00226. The van der Waals surface area contributed by atoms with Crippen LogP contribution >= 0.6 is 23.5 Å². The maximum atomic E-state index is 11.8. The van der Waals surface area contributed by atoms with Gasteiger partial charge >= 0.3 is 5.97 Å². The summed E-state index contributed by atoms with van der Waals surface area (Å²) in [4.78, 5) is 23.9. The first-order valence-corrected chi connectivity index (χ1v) is 7.26. The van der Waals surface area contributed by atoms with Crippen molar-refractivity contribution < 1.29 is 14.7 Å². The lowest BCUT2D eigenvalue weighted by Crippen LogP contribution is -2.46. The Hall–Kier alpha value is -0.360. The van der Waals surface area contributed by atoms with Crippen molar-refractivity contribution in [2.45, 2.75) is 18.6 Å². The van der Waals surface area contributed by atoms with Crippen molar-refractivity contribution in [3.63, 3.8) is 0 Å². The van der Waals surface area contributed by atoms with Gasteiger partial charge in [0.05, 0.1) is 11.5 Å². The first-order valence-electron chi connectivity index (χ1n) is 5.12. The fourth-order valence-corrected chi connectivity index (χ4v) is 3.29. The summed E-state index contributed by atoms with van der Waals surface area (Å²) in [7, 11) is 0. The minimum atomic E-state index is -0.868. The molecule has 1 fully saturated rings. The molecule has 16 heavy (non-hydrogen) atoms. The molecule has 4 nitrogen and oxygen atoms in total. The van der Waals surface area contributed by atoms with Gasteiger partial charge in [0.15, 0.2) is 0 Å². The first-order chi connectivity index (χ1) is 7.41. The SMILES string of the molecule is CC1(C)CN(C(=O)CSCC(=O)O)CCS1. The number of hydrogen-bond donors (Lipinski definition) is 1. The van der Waals surface area contributed by atoms with Crippen molar-refractivity contribution >= 4 is 35.4 Å². The number of rotatable bonds is 4. The van der Waals surface area contributed by atoms with Crippen molar-refractivity contribution in [2.75, 3.05) is 30.3 Å². The molecule has 1 rings (SSSR count). The van der Waals surface area contributed by atoms with Gasteiger partial charge in [-0.05, 0) is 13.8 Å². The van der Waals surface area contributed by atoms with Crippen molar-refractivity contribution in [1.82, 2.24) is 4.90 Å². The van der Waals surface area contributed by atoms with E-state index < -0.39 is 5.97 Å². The van der Waals surface area contributed by atoms with Crippen LogP contribution in [-0.4, -0.2) is 57.0 Å². The van der Waals surface area contributed by atoms with Gasteiger partial charge in [-0.1, -0.05) is 0 Å². The number of carboxylic acids is 1. The second-order valence-corrected chi connectivity index (χ2v) is 7.10. The summed E-state index contributed by atoms with van der Waals surface area (Å²) in [6.45, 7) is 5.79. The fourth-order valence-electron chi connectivity index (χ4n) is 1.55. The Bertz CT molecular complexity index is 281. The molecule has 1 heterocycles. The molecule has 0 unspecified atom stereocenters. The molecule has 0 aromatic heterocycles. The molecule has 1 N–H and O–H groups in total. The molecule has 1 saturated heterocycles. The number of nitrogens with zero attached hydrogens (tertiary/aromatic N) is 1. The van der Waals surface area contributed by atoms with Crippen LogP contribution in [0.15, 0.2) is 0 Å². The van der Waals surface area contributed by atoms with Gasteiger partial charge in [0.2, 0.25) is 5.91 Å². The molecular weight excluding hydrogens is 246 g/mol. The highest BCUT2D eigenvalue weighted by atomic mass is 32.2. The van der Waals surface area contributed by atoms with E-state index in [9.17, 15) is 9.59 Å². The predicted octanol–water partition coefficient (Wildman–Crippen LogP) is 1.16. The molecule has 1 aliphatic rings. The average molecular weight is 263 g/mol. The third-order valence-corrected chi connectivity index (χ3v) is 4.43. The average Bonchev–Trinajstić information content (AvgIpc) is 2.15. The number of carboxylic acid groups (broad SMARTS) is 1. The Morgan fingerprint density at radius 1 is 1.44 bits per heavy atom. The van der Waals surface area contributed by atoms with Crippen molar-refractivity contribution in [3.05, 3.63) is 0 Å². The lowest BCUT2D eigenvalue weighted by molar-refractivity contribution is -0.133. The van der Waals surface area contributed by atoms with E-state index in [1.807, 2.05) is 16.7 Å². The van der Waals surface area contributed by atoms with Gasteiger partial charge in [-0.2, -0.15) is 11.8 Å². The summed E-state index contributed by atoms with van der Waals surface area (Å²) >= 11 is 3.04. The van der Waals surface area contributed by atoms with Crippen molar-refractivity contribution in [1.29, 1.82) is 0 Å². The van der Waals surface area contributed by atoms with Crippen LogP contribution in [0.1, 0.15) is 13.8 Å². The molecule has 0 atom stereocenters. The number of hydrogen-bond acceptors (Lipinski definition) is 4. The molecule has 0 aromatic rings.